The summed E-state index contributed by atoms with van der Waals surface area (Å²) in [5.74, 6) is 0.0482. The van der Waals surface area contributed by atoms with E-state index in [-0.39, 0.29) is 11.7 Å². The first-order chi connectivity index (χ1) is 6.10. The zero-order chi connectivity index (χ0) is 10.3. The second-order valence-corrected chi connectivity index (χ2v) is 3.09. The van der Waals surface area contributed by atoms with Crippen LogP contribution in [0, 0.1) is 0 Å². The van der Waals surface area contributed by atoms with Gasteiger partial charge in [0.25, 0.3) is 0 Å². The summed E-state index contributed by atoms with van der Waals surface area (Å²) in [6.07, 6.45) is 0.949. The number of hydrogen-bond acceptors (Lipinski definition) is 3. The maximum atomic E-state index is 11.0. The molecule has 0 fully saturated rings. The molecule has 1 N–H and O–H groups in total. The molecule has 0 radical (unpaired) electrons. The summed E-state index contributed by atoms with van der Waals surface area (Å²) in [4.78, 5) is 23.7. The van der Waals surface area contributed by atoms with Gasteiger partial charge in [-0.25, -0.2) is 0 Å². The summed E-state index contributed by atoms with van der Waals surface area (Å²) in [6.45, 7) is 5.02. The molecule has 0 bridgehead atoms. The highest BCUT2D eigenvalue weighted by atomic mass is 16.2. The van der Waals surface area contributed by atoms with Crippen LogP contribution in [-0.2, 0) is 9.59 Å². The van der Waals surface area contributed by atoms with E-state index in [9.17, 15) is 9.59 Å². The lowest BCUT2D eigenvalue weighted by atomic mass is 10.3. The van der Waals surface area contributed by atoms with Crippen LogP contribution >= 0.6 is 0 Å². The zero-order valence-corrected chi connectivity index (χ0v) is 8.59. The Morgan fingerprint density at radius 3 is 2.31 bits per heavy atom. The Labute approximate surface area is 79.3 Å². The van der Waals surface area contributed by atoms with Crippen molar-refractivity contribution in [2.45, 2.75) is 20.3 Å². The summed E-state index contributed by atoms with van der Waals surface area (Å²) in [5, 5.41) is 2.54. The minimum Gasteiger partial charge on any atom is -0.358 e. The van der Waals surface area contributed by atoms with Crippen LogP contribution in [0.4, 0.5) is 0 Å². The molecule has 4 nitrogen and oxygen atoms in total. The highest BCUT2D eigenvalue weighted by Crippen LogP contribution is 1.91. The summed E-state index contributed by atoms with van der Waals surface area (Å²) in [7, 11) is 1.60. The summed E-state index contributed by atoms with van der Waals surface area (Å²) in [5.41, 5.74) is 0. The standard InChI is InChI=1S/C9H18N2O2/c1-4-5-11(6-8(2)12)7-9(13)10-3/h4-7H2,1-3H3,(H,10,13). The zero-order valence-electron chi connectivity index (χ0n) is 8.59. The largest absolute Gasteiger partial charge is 0.358 e. The number of likely N-dealkylation sites (N-methyl/N-ethyl adjacent to an activating group) is 1. The molecule has 0 aromatic carbocycles. The van der Waals surface area contributed by atoms with Gasteiger partial charge in [0.15, 0.2) is 0 Å². The fraction of sp³-hybridized carbons (Fsp3) is 0.778. The third-order valence-electron chi connectivity index (χ3n) is 1.63. The van der Waals surface area contributed by atoms with Crippen LogP contribution in [0.1, 0.15) is 20.3 Å². The van der Waals surface area contributed by atoms with Gasteiger partial charge in [0.05, 0.1) is 13.1 Å². The number of Topliss-reactive ketones (excluding diaryl/α,β-unsaturated/α-hetero) is 1. The van der Waals surface area contributed by atoms with Crippen molar-refractivity contribution in [1.29, 1.82) is 0 Å². The van der Waals surface area contributed by atoms with Gasteiger partial charge in [0, 0.05) is 7.05 Å². The molecular weight excluding hydrogens is 168 g/mol. The quantitative estimate of drug-likeness (QED) is 0.637. The molecule has 1 amide bonds. The van der Waals surface area contributed by atoms with Crippen molar-refractivity contribution in [2.24, 2.45) is 0 Å². The van der Waals surface area contributed by atoms with E-state index in [2.05, 4.69) is 5.32 Å². The van der Waals surface area contributed by atoms with Gasteiger partial charge in [-0.1, -0.05) is 6.92 Å². The molecule has 0 rings (SSSR count). The van der Waals surface area contributed by atoms with E-state index < -0.39 is 0 Å². The lowest BCUT2D eigenvalue weighted by Gasteiger charge is -2.18. The minimum atomic E-state index is -0.0466. The second-order valence-electron chi connectivity index (χ2n) is 3.09. The van der Waals surface area contributed by atoms with Gasteiger partial charge in [0.1, 0.15) is 5.78 Å². The van der Waals surface area contributed by atoms with Gasteiger partial charge in [-0.2, -0.15) is 0 Å². The van der Waals surface area contributed by atoms with E-state index in [1.54, 1.807) is 7.05 Å². The highest BCUT2D eigenvalue weighted by Gasteiger charge is 2.09. The van der Waals surface area contributed by atoms with Crippen molar-refractivity contribution in [3.8, 4) is 0 Å². The van der Waals surface area contributed by atoms with E-state index in [1.165, 1.54) is 6.92 Å². The van der Waals surface area contributed by atoms with Crippen molar-refractivity contribution in [2.75, 3.05) is 26.7 Å². The first-order valence-electron chi connectivity index (χ1n) is 4.52. The summed E-state index contributed by atoms with van der Waals surface area (Å²) >= 11 is 0. The number of ketones is 1. The molecule has 13 heavy (non-hydrogen) atoms. The van der Waals surface area contributed by atoms with Gasteiger partial charge in [0.2, 0.25) is 5.91 Å². The lowest BCUT2D eigenvalue weighted by molar-refractivity contribution is -0.123. The van der Waals surface area contributed by atoms with Crippen molar-refractivity contribution in [3.05, 3.63) is 0 Å². The topological polar surface area (TPSA) is 49.4 Å². The second kappa shape index (κ2) is 6.60. The minimum absolute atomic E-state index is 0.0466. The average Bonchev–Trinajstić information content (AvgIpc) is 2.03. The third kappa shape index (κ3) is 6.28. The number of carbonyl (C=O) groups excluding carboxylic acids is 2. The Bertz CT molecular complexity index is 180. The molecule has 0 spiro atoms. The Hall–Kier alpha value is -0.900. The number of carbonyl (C=O) groups is 2. The molecule has 0 aliphatic carbocycles. The molecule has 0 aromatic rings. The molecule has 0 unspecified atom stereocenters. The van der Waals surface area contributed by atoms with Gasteiger partial charge >= 0.3 is 0 Å². The smallest absolute Gasteiger partial charge is 0.233 e. The highest BCUT2D eigenvalue weighted by molar-refractivity contribution is 5.80. The van der Waals surface area contributed by atoms with Crippen molar-refractivity contribution < 1.29 is 9.59 Å². The maximum absolute atomic E-state index is 11.0. The number of hydrogen-bond donors (Lipinski definition) is 1. The van der Waals surface area contributed by atoms with Crippen LogP contribution in [0.5, 0.6) is 0 Å². The van der Waals surface area contributed by atoms with Crippen molar-refractivity contribution in [3.63, 3.8) is 0 Å². The molecule has 0 atom stereocenters. The molecule has 0 heterocycles. The van der Waals surface area contributed by atoms with E-state index in [1.807, 2.05) is 11.8 Å². The van der Waals surface area contributed by atoms with Gasteiger partial charge in [-0.3, -0.25) is 14.5 Å². The first-order valence-corrected chi connectivity index (χ1v) is 4.52. The summed E-state index contributed by atoms with van der Waals surface area (Å²) in [6, 6.07) is 0. The Kier molecular flexibility index (Phi) is 6.14. The van der Waals surface area contributed by atoms with Crippen LogP contribution in [0.3, 0.4) is 0 Å². The van der Waals surface area contributed by atoms with Crippen LogP contribution in [0.25, 0.3) is 0 Å². The van der Waals surface area contributed by atoms with Gasteiger partial charge in [-0.05, 0) is 19.9 Å². The molecule has 0 aliphatic rings. The molecular formula is C9H18N2O2. The number of nitrogens with zero attached hydrogens (tertiary/aromatic N) is 1. The van der Waals surface area contributed by atoms with Crippen molar-refractivity contribution in [1.82, 2.24) is 10.2 Å². The van der Waals surface area contributed by atoms with Crippen LogP contribution < -0.4 is 5.32 Å². The average molecular weight is 186 g/mol. The molecule has 76 valence electrons. The van der Waals surface area contributed by atoms with E-state index in [0.717, 1.165) is 13.0 Å². The fourth-order valence-electron chi connectivity index (χ4n) is 1.13. The Morgan fingerprint density at radius 2 is 1.92 bits per heavy atom. The molecule has 4 heteroatoms. The monoisotopic (exact) mass is 186 g/mol. The van der Waals surface area contributed by atoms with Gasteiger partial charge in [-0.15, -0.1) is 0 Å². The van der Waals surface area contributed by atoms with Crippen molar-refractivity contribution >= 4 is 11.7 Å². The Balaban J connectivity index is 3.93. The molecule has 0 aromatic heterocycles. The Morgan fingerprint density at radius 1 is 1.31 bits per heavy atom. The predicted octanol–water partition coefficient (Wildman–Crippen LogP) is 0.0334. The molecule has 0 saturated heterocycles. The summed E-state index contributed by atoms with van der Waals surface area (Å²) < 4.78 is 0. The molecule has 0 saturated carbocycles. The van der Waals surface area contributed by atoms with E-state index in [4.69, 9.17) is 0 Å². The third-order valence-corrected chi connectivity index (χ3v) is 1.63. The number of nitrogens with one attached hydrogen (secondary N) is 1. The molecule has 0 aliphatic heterocycles. The van der Waals surface area contributed by atoms with Crippen LogP contribution in [0.2, 0.25) is 0 Å². The predicted molar refractivity (Wildman–Crippen MR) is 51.5 cm³/mol. The van der Waals surface area contributed by atoms with Crippen LogP contribution in [0.15, 0.2) is 0 Å². The van der Waals surface area contributed by atoms with Crippen LogP contribution in [-0.4, -0.2) is 43.3 Å². The first kappa shape index (κ1) is 12.1. The van der Waals surface area contributed by atoms with E-state index >= 15 is 0 Å². The normalized spacial score (nSPS) is 10.2. The lowest BCUT2D eigenvalue weighted by Crippen LogP contribution is -2.38. The van der Waals surface area contributed by atoms with E-state index in [0.29, 0.717) is 13.1 Å². The number of amides is 1. The SMILES string of the molecule is CCCN(CC(C)=O)CC(=O)NC. The number of rotatable bonds is 6. The fourth-order valence-corrected chi connectivity index (χ4v) is 1.13. The van der Waals surface area contributed by atoms with Gasteiger partial charge < -0.3 is 5.32 Å². The maximum Gasteiger partial charge on any atom is 0.233 e.